The van der Waals surface area contributed by atoms with Crippen LogP contribution in [-0.2, 0) is 0 Å². The van der Waals surface area contributed by atoms with E-state index in [-0.39, 0.29) is 6.04 Å². The Morgan fingerprint density at radius 1 is 1.35 bits per heavy atom. The number of aromatic nitrogens is 2. The summed E-state index contributed by atoms with van der Waals surface area (Å²) < 4.78 is 5.27. The second kappa shape index (κ2) is 5.01. The quantitative estimate of drug-likeness (QED) is 0.846. The third kappa shape index (κ3) is 2.31. The molecule has 0 saturated heterocycles. The van der Waals surface area contributed by atoms with Gasteiger partial charge < -0.3 is 10.1 Å². The minimum Gasteiger partial charge on any atom is -0.496 e. The smallest absolute Gasteiger partial charge is 0.121 e. The fourth-order valence-corrected chi connectivity index (χ4v) is 2.03. The molecular weight excluding hydrogens is 214 g/mol. The Bertz CT molecular complexity index is 479. The van der Waals surface area contributed by atoms with Gasteiger partial charge in [0.05, 0.1) is 19.3 Å². The van der Waals surface area contributed by atoms with Crippen molar-refractivity contribution in [2.45, 2.75) is 13.0 Å². The summed E-state index contributed by atoms with van der Waals surface area (Å²) in [5, 5.41) is 10.1. The number of hydrogen-bond donors (Lipinski definition) is 2. The lowest BCUT2D eigenvalue weighted by Gasteiger charge is -2.16. The molecule has 0 aliphatic rings. The molecule has 0 fully saturated rings. The normalized spacial score (nSPS) is 12.4. The third-order valence-electron chi connectivity index (χ3n) is 2.89. The zero-order valence-corrected chi connectivity index (χ0v) is 10.3. The molecule has 1 atom stereocenters. The number of nitrogens with zero attached hydrogens (tertiary/aromatic N) is 1. The van der Waals surface area contributed by atoms with E-state index in [1.807, 2.05) is 32.4 Å². The van der Waals surface area contributed by atoms with E-state index < -0.39 is 0 Å². The molecule has 2 N–H and O–H groups in total. The Morgan fingerprint density at radius 2 is 2.18 bits per heavy atom. The van der Waals surface area contributed by atoms with E-state index in [0.29, 0.717) is 0 Å². The van der Waals surface area contributed by atoms with Crippen molar-refractivity contribution in [2.24, 2.45) is 0 Å². The summed E-state index contributed by atoms with van der Waals surface area (Å²) in [6.07, 6.45) is 3.74. The lowest BCUT2D eigenvalue weighted by molar-refractivity contribution is 0.411. The van der Waals surface area contributed by atoms with E-state index in [1.165, 1.54) is 5.56 Å². The Balaban J connectivity index is 2.35. The van der Waals surface area contributed by atoms with Crippen LogP contribution in [0.2, 0.25) is 0 Å². The van der Waals surface area contributed by atoms with Crippen molar-refractivity contribution in [1.82, 2.24) is 15.5 Å². The maximum Gasteiger partial charge on any atom is 0.121 e. The van der Waals surface area contributed by atoms with Crippen molar-refractivity contribution >= 4 is 0 Å². The fraction of sp³-hybridized carbons (Fsp3) is 0.308. The summed E-state index contributed by atoms with van der Waals surface area (Å²) in [7, 11) is 3.63. The van der Waals surface area contributed by atoms with Gasteiger partial charge in [0, 0.05) is 11.8 Å². The summed E-state index contributed by atoms with van der Waals surface area (Å²) in [6, 6.07) is 6.35. The molecular formula is C13H17N3O. The van der Waals surface area contributed by atoms with Gasteiger partial charge in [-0.15, -0.1) is 0 Å². The molecule has 4 nitrogen and oxygen atoms in total. The average Bonchev–Trinajstić information content (AvgIpc) is 2.84. The Morgan fingerprint density at radius 3 is 2.71 bits per heavy atom. The van der Waals surface area contributed by atoms with E-state index in [0.717, 1.165) is 16.9 Å². The molecule has 90 valence electrons. The monoisotopic (exact) mass is 231 g/mol. The van der Waals surface area contributed by atoms with Crippen LogP contribution in [-0.4, -0.2) is 24.4 Å². The molecule has 0 saturated carbocycles. The van der Waals surface area contributed by atoms with Gasteiger partial charge >= 0.3 is 0 Å². The van der Waals surface area contributed by atoms with Crippen LogP contribution in [0.25, 0.3) is 0 Å². The first kappa shape index (κ1) is 11.7. The molecule has 17 heavy (non-hydrogen) atoms. The van der Waals surface area contributed by atoms with Crippen LogP contribution in [0.1, 0.15) is 22.7 Å². The van der Waals surface area contributed by atoms with Crippen LogP contribution in [0.15, 0.2) is 30.6 Å². The predicted octanol–water partition coefficient (Wildman–Crippen LogP) is 2.04. The molecule has 0 aliphatic heterocycles. The maximum atomic E-state index is 5.27. The van der Waals surface area contributed by atoms with Crippen molar-refractivity contribution < 1.29 is 4.74 Å². The summed E-state index contributed by atoms with van der Waals surface area (Å²) in [4.78, 5) is 0. The second-order valence-corrected chi connectivity index (χ2v) is 3.98. The molecule has 0 bridgehead atoms. The number of methoxy groups -OCH3 is 1. The van der Waals surface area contributed by atoms with Crippen molar-refractivity contribution in [3.05, 3.63) is 47.3 Å². The van der Waals surface area contributed by atoms with Crippen molar-refractivity contribution in [3.8, 4) is 5.75 Å². The molecule has 1 aromatic heterocycles. The van der Waals surface area contributed by atoms with E-state index in [1.54, 1.807) is 7.11 Å². The van der Waals surface area contributed by atoms with Crippen LogP contribution in [0.5, 0.6) is 5.75 Å². The number of H-pyrrole nitrogens is 1. The summed E-state index contributed by atoms with van der Waals surface area (Å²) in [5.41, 5.74) is 3.46. The predicted molar refractivity (Wildman–Crippen MR) is 67.2 cm³/mol. The molecule has 0 amide bonds. The van der Waals surface area contributed by atoms with Crippen molar-refractivity contribution in [2.75, 3.05) is 14.2 Å². The van der Waals surface area contributed by atoms with Crippen LogP contribution < -0.4 is 10.1 Å². The van der Waals surface area contributed by atoms with Gasteiger partial charge in [-0.3, -0.25) is 5.10 Å². The van der Waals surface area contributed by atoms with Gasteiger partial charge in [0.1, 0.15) is 5.75 Å². The van der Waals surface area contributed by atoms with E-state index >= 15 is 0 Å². The fourth-order valence-electron chi connectivity index (χ4n) is 2.03. The lowest BCUT2D eigenvalue weighted by atomic mass is 9.99. The van der Waals surface area contributed by atoms with Crippen LogP contribution in [0.3, 0.4) is 0 Å². The summed E-state index contributed by atoms with van der Waals surface area (Å²) >= 11 is 0. The SMILES string of the molecule is CNC(c1cn[nH]c1)c1ccc(OC)c(C)c1. The molecule has 1 heterocycles. The van der Waals surface area contributed by atoms with Crippen molar-refractivity contribution in [3.63, 3.8) is 0 Å². The molecule has 0 radical (unpaired) electrons. The minimum atomic E-state index is 0.151. The van der Waals surface area contributed by atoms with Gasteiger partial charge in [-0.25, -0.2) is 0 Å². The molecule has 2 aromatic rings. The highest BCUT2D eigenvalue weighted by Crippen LogP contribution is 2.25. The molecule has 4 heteroatoms. The van der Waals surface area contributed by atoms with Crippen LogP contribution in [0, 0.1) is 6.92 Å². The van der Waals surface area contributed by atoms with Gasteiger partial charge in [-0.05, 0) is 31.2 Å². The number of aryl methyl sites for hydroxylation is 1. The standard InChI is InChI=1S/C13H17N3O/c1-9-6-10(4-5-12(9)17-3)13(14-2)11-7-15-16-8-11/h4-8,13-14H,1-3H3,(H,15,16). The highest BCUT2D eigenvalue weighted by molar-refractivity contribution is 5.40. The Kier molecular flexibility index (Phi) is 3.44. The number of hydrogen-bond acceptors (Lipinski definition) is 3. The van der Waals surface area contributed by atoms with Gasteiger partial charge in [0.25, 0.3) is 0 Å². The summed E-state index contributed by atoms with van der Waals surface area (Å²) in [6.45, 7) is 2.05. The minimum absolute atomic E-state index is 0.151. The Labute approximate surface area is 101 Å². The summed E-state index contributed by atoms with van der Waals surface area (Å²) in [5.74, 6) is 0.913. The largest absolute Gasteiger partial charge is 0.496 e. The van der Waals surface area contributed by atoms with Gasteiger partial charge in [-0.1, -0.05) is 12.1 Å². The average molecular weight is 231 g/mol. The number of rotatable bonds is 4. The molecule has 1 unspecified atom stereocenters. The van der Waals surface area contributed by atoms with Crippen LogP contribution >= 0.6 is 0 Å². The number of nitrogens with one attached hydrogen (secondary N) is 2. The zero-order valence-electron chi connectivity index (χ0n) is 10.3. The molecule has 2 rings (SSSR count). The maximum absolute atomic E-state index is 5.27. The highest BCUT2D eigenvalue weighted by Gasteiger charge is 2.13. The van der Waals surface area contributed by atoms with Gasteiger partial charge in [-0.2, -0.15) is 5.10 Å². The topological polar surface area (TPSA) is 49.9 Å². The van der Waals surface area contributed by atoms with Gasteiger partial charge in [0.2, 0.25) is 0 Å². The van der Waals surface area contributed by atoms with E-state index in [4.69, 9.17) is 4.74 Å². The van der Waals surface area contributed by atoms with E-state index in [2.05, 4.69) is 27.6 Å². The van der Waals surface area contributed by atoms with Crippen LogP contribution in [0.4, 0.5) is 0 Å². The first-order valence-corrected chi connectivity index (χ1v) is 5.56. The van der Waals surface area contributed by atoms with Gasteiger partial charge in [0.15, 0.2) is 0 Å². The van der Waals surface area contributed by atoms with E-state index in [9.17, 15) is 0 Å². The number of aromatic amines is 1. The Hall–Kier alpha value is -1.81. The second-order valence-electron chi connectivity index (χ2n) is 3.98. The number of ether oxygens (including phenoxy) is 1. The molecule has 0 spiro atoms. The molecule has 0 aliphatic carbocycles. The first-order chi connectivity index (χ1) is 8.26. The van der Waals surface area contributed by atoms with Crippen molar-refractivity contribution in [1.29, 1.82) is 0 Å². The molecule has 1 aromatic carbocycles. The number of benzene rings is 1. The highest BCUT2D eigenvalue weighted by atomic mass is 16.5. The zero-order chi connectivity index (χ0) is 12.3. The lowest BCUT2D eigenvalue weighted by Crippen LogP contribution is -2.17. The first-order valence-electron chi connectivity index (χ1n) is 5.56. The third-order valence-corrected chi connectivity index (χ3v) is 2.89.